The summed E-state index contributed by atoms with van der Waals surface area (Å²) in [7, 11) is 1.39. The highest BCUT2D eigenvalue weighted by Gasteiger charge is 2.29. The fraction of sp³-hybridized carbons (Fsp3) is 0.478. The van der Waals surface area contributed by atoms with Gasteiger partial charge in [0, 0.05) is 35.3 Å². The summed E-state index contributed by atoms with van der Waals surface area (Å²) < 4.78 is 5.01. The van der Waals surface area contributed by atoms with Crippen LogP contribution in [0.5, 0.6) is 0 Å². The molecule has 0 saturated carbocycles. The number of nitrogens with zero attached hydrogens (tertiary/aromatic N) is 1. The maximum Gasteiger partial charge on any atom is 0.341 e. The van der Waals surface area contributed by atoms with Gasteiger partial charge in [0.15, 0.2) is 0 Å². The van der Waals surface area contributed by atoms with Gasteiger partial charge in [-0.1, -0.05) is 17.7 Å². The van der Waals surface area contributed by atoms with E-state index in [-0.39, 0.29) is 11.9 Å². The van der Waals surface area contributed by atoms with Gasteiger partial charge in [-0.15, -0.1) is 23.1 Å². The van der Waals surface area contributed by atoms with Crippen LogP contribution < -0.4 is 5.32 Å². The quantitative estimate of drug-likeness (QED) is 0.346. The van der Waals surface area contributed by atoms with Crippen LogP contribution in [0.15, 0.2) is 29.2 Å². The molecule has 0 aliphatic carbocycles. The number of rotatable bonds is 8. The van der Waals surface area contributed by atoms with Crippen LogP contribution in [0, 0.1) is 6.92 Å². The molecule has 162 valence electrons. The van der Waals surface area contributed by atoms with Crippen LogP contribution in [-0.2, 0) is 22.5 Å². The summed E-state index contributed by atoms with van der Waals surface area (Å²) in [4.78, 5) is 29.7. The molecule has 0 saturated heterocycles. The van der Waals surface area contributed by atoms with Crippen molar-refractivity contribution in [1.29, 1.82) is 0 Å². The number of fused-ring (bicyclic) bond motifs is 1. The van der Waals surface area contributed by atoms with Crippen molar-refractivity contribution < 1.29 is 14.3 Å². The zero-order chi connectivity index (χ0) is 21.7. The third-order valence-corrected chi connectivity index (χ3v) is 7.53. The molecule has 1 aliphatic rings. The van der Waals surface area contributed by atoms with Gasteiger partial charge < -0.3 is 10.1 Å². The van der Waals surface area contributed by atoms with Crippen molar-refractivity contribution in [3.8, 4) is 0 Å². The average molecular weight is 447 g/mol. The highest BCUT2D eigenvalue weighted by atomic mass is 32.2. The minimum Gasteiger partial charge on any atom is -0.465 e. The Balaban J connectivity index is 1.60. The second kappa shape index (κ2) is 10.5. The molecule has 0 unspecified atom stereocenters. The smallest absolute Gasteiger partial charge is 0.341 e. The molecule has 30 heavy (non-hydrogen) atoms. The Bertz CT molecular complexity index is 891. The molecule has 1 N–H and O–H groups in total. The van der Waals surface area contributed by atoms with Crippen LogP contribution in [0.25, 0.3) is 0 Å². The summed E-state index contributed by atoms with van der Waals surface area (Å²) in [5, 5.41) is 3.62. The molecule has 0 spiro atoms. The molecule has 2 aromatic rings. The van der Waals surface area contributed by atoms with Crippen LogP contribution in [0.2, 0.25) is 0 Å². The molecule has 1 amide bonds. The van der Waals surface area contributed by atoms with E-state index in [0.717, 1.165) is 42.1 Å². The molecule has 5 nitrogen and oxygen atoms in total. The van der Waals surface area contributed by atoms with Gasteiger partial charge in [0.05, 0.1) is 12.7 Å². The Hall–Kier alpha value is -1.83. The Morgan fingerprint density at radius 1 is 1.27 bits per heavy atom. The lowest BCUT2D eigenvalue weighted by atomic mass is 10.0. The summed E-state index contributed by atoms with van der Waals surface area (Å²) in [5.41, 5.74) is 2.83. The lowest BCUT2D eigenvalue weighted by molar-refractivity contribution is -0.116. The molecule has 1 aromatic heterocycles. The zero-order valence-corrected chi connectivity index (χ0v) is 19.8. The van der Waals surface area contributed by atoms with E-state index in [1.165, 1.54) is 28.9 Å². The van der Waals surface area contributed by atoms with Gasteiger partial charge in [-0.3, -0.25) is 9.69 Å². The van der Waals surface area contributed by atoms with Crippen molar-refractivity contribution in [3.63, 3.8) is 0 Å². The molecule has 7 heteroatoms. The number of carbonyl (C=O) groups is 2. The van der Waals surface area contributed by atoms with E-state index in [2.05, 4.69) is 55.3 Å². The first-order chi connectivity index (χ1) is 14.4. The number of amides is 1. The predicted molar refractivity (Wildman–Crippen MR) is 125 cm³/mol. The second-order valence-electron chi connectivity index (χ2n) is 7.83. The van der Waals surface area contributed by atoms with E-state index < -0.39 is 0 Å². The number of thioether (sulfide) groups is 1. The number of anilines is 1. The standard InChI is InChI=1S/C23H30N2O3S2/c1-15(2)25-12-11-18-19(14-25)30-22(21(18)23(27)28-4)24-20(26)6-5-13-29-17-9-7-16(3)8-10-17/h7-10,15H,5-6,11-14H2,1-4H3,(H,24,26). The molecular formula is C23H30N2O3S2. The molecule has 2 heterocycles. The van der Waals surface area contributed by atoms with Gasteiger partial charge >= 0.3 is 5.97 Å². The lowest BCUT2D eigenvalue weighted by Gasteiger charge is -2.30. The minimum absolute atomic E-state index is 0.0519. The van der Waals surface area contributed by atoms with Crippen molar-refractivity contribution in [3.05, 3.63) is 45.8 Å². The molecule has 3 rings (SSSR count). The van der Waals surface area contributed by atoms with E-state index in [4.69, 9.17) is 4.74 Å². The third kappa shape index (κ3) is 5.65. The molecule has 0 fully saturated rings. The summed E-state index contributed by atoms with van der Waals surface area (Å²) >= 11 is 3.27. The van der Waals surface area contributed by atoms with E-state index in [1.807, 2.05) is 0 Å². The van der Waals surface area contributed by atoms with Crippen LogP contribution in [0.4, 0.5) is 5.00 Å². The number of benzene rings is 1. The number of hydrogen-bond acceptors (Lipinski definition) is 6. The van der Waals surface area contributed by atoms with Gasteiger partial charge in [0.1, 0.15) is 5.00 Å². The summed E-state index contributed by atoms with van der Waals surface area (Å²) in [6, 6.07) is 8.87. The predicted octanol–water partition coefficient (Wildman–Crippen LogP) is 5.12. The third-order valence-electron chi connectivity index (χ3n) is 5.30. The first-order valence-corrected chi connectivity index (χ1v) is 12.2. The zero-order valence-electron chi connectivity index (χ0n) is 18.1. The normalized spacial score (nSPS) is 13.9. The first kappa shape index (κ1) is 22.8. The van der Waals surface area contributed by atoms with Crippen LogP contribution >= 0.6 is 23.1 Å². The molecule has 0 bridgehead atoms. The van der Waals surface area contributed by atoms with Gasteiger partial charge in [0.2, 0.25) is 5.91 Å². The monoisotopic (exact) mass is 446 g/mol. The number of esters is 1. The Morgan fingerprint density at radius 3 is 2.67 bits per heavy atom. The number of thiophene rings is 1. The first-order valence-electron chi connectivity index (χ1n) is 10.3. The topological polar surface area (TPSA) is 58.6 Å². The minimum atomic E-state index is -0.365. The summed E-state index contributed by atoms with van der Waals surface area (Å²) in [5.74, 6) is 0.463. The molecule has 1 aliphatic heterocycles. The van der Waals surface area contributed by atoms with Crippen molar-refractivity contribution in [2.75, 3.05) is 24.7 Å². The van der Waals surface area contributed by atoms with Gasteiger partial charge in [-0.25, -0.2) is 4.79 Å². The van der Waals surface area contributed by atoms with E-state index in [0.29, 0.717) is 23.0 Å². The van der Waals surface area contributed by atoms with Crippen molar-refractivity contribution in [2.24, 2.45) is 0 Å². The van der Waals surface area contributed by atoms with Crippen molar-refractivity contribution in [2.45, 2.75) is 57.5 Å². The molecule has 0 atom stereocenters. The lowest BCUT2D eigenvalue weighted by Crippen LogP contribution is -2.35. The van der Waals surface area contributed by atoms with E-state index in [1.54, 1.807) is 11.8 Å². The van der Waals surface area contributed by atoms with Crippen LogP contribution in [0.1, 0.15) is 53.1 Å². The van der Waals surface area contributed by atoms with E-state index in [9.17, 15) is 9.59 Å². The average Bonchev–Trinajstić information content (AvgIpc) is 3.08. The van der Waals surface area contributed by atoms with Gasteiger partial charge in [-0.05, 0) is 57.1 Å². The second-order valence-corrected chi connectivity index (χ2v) is 10.1. The fourth-order valence-corrected chi connectivity index (χ4v) is 5.65. The van der Waals surface area contributed by atoms with Gasteiger partial charge in [0.25, 0.3) is 0 Å². The summed E-state index contributed by atoms with van der Waals surface area (Å²) in [6.07, 6.45) is 2.02. The largest absolute Gasteiger partial charge is 0.465 e. The fourth-order valence-electron chi connectivity index (χ4n) is 3.52. The number of ether oxygens (including phenoxy) is 1. The highest BCUT2D eigenvalue weighted by molar-refractivity contribution is 7.99. The van der Waals surface area contributed by atoms with Crippen molar-refractivity contribution >= 4 is 40.0 Å². The molecule has 1 aromatic carbocycles. The number of hydrogen-bond donors (Lipinski definition) is 1. The maximum atomic E-state index is 12.5. The van der Waals surface area contributed by atoms with E-state index >= 15 is 0 Å². The number of carbonyl (C=O) groups excluding carboxylic acids is 2. The van der Waals surface area contributed by atoms with Crippen LogP contribution in [0.3, 0.4) is 0 Å². The molecule has 0 radical (unpaired) electrons. The maximum absolute atomic E-state index is 12.5. The van der Waals surface area contributed by atoms with Crippen LogP contribution in [-0.4, -0.2) is 42.2 Å². The Morgan fingerprint density at radius 2 is 2.00 bits per heavy atom. The number of aryl methyl sites for hydroxylation is 1. The van der Waals surface area contributed by atoms with Crippen molar-refractivity contribution in [1.82, 2.24) is 4.90 Å². The van der Waals surface area contributed by atoms with Gasteiger partial charge in [-0.2, -0.15) is 0 Å². The SMILES string of the molecule is COC(=O)c1c(NC(=O)CCCSc2ccc(C)cc2)sc2c1CCN(C(C)C)C2. The summed E-state index contributed by atoms with van der Waals surface area (Å²) in [6.45, 7) is 8.15. The molecular weight excluding hydrogens is 416 g/mol. The highest BCUT2D eigenvalue weighted by Crippen LogP contribution is 2.38. The number of methoxy groups -OCH3 is 1. The number of nitrogens with one attached hydrogen (secondary N) is 1. The Labute approximate surface area is 187 Å². The Kier molecular flexibility index (Phi) is 7.97.